The number of hydrogen-bond donors (Lipinski definition) is 3. The van der Waals surface area contributed by atoms with Crippen LogP contribution in [0.3, 0.4) is 0 Å². The molecule has 0 aliphatic carbocycles. The summed E-state index contributed by atoms with van der Waals surface area (Å²) in [6, 6.07) is 12.4. The number of aromatic nitrogens is 2. The van der Waals surface area contributed by atoms with E-state index >= 15 is 0 Å². The number of anilines is 2. The smallest absolute Gasteiger partial charge is 0.261 e. The molecule has 7 rings (SSSR count). The maximum Gasteiger partial charge on any atom is 0.261 e. The SMILES string of the molecule is CC(C)Oc1cc2nc(C3CCN(CC(=O)N4CCC(c5ccc(NC6CCC(=O)NC6=O)cc5)CC4)CC3)cn2cc1C(=O)Nc1ccc(F)cc1F. The van der Waals surface area contributed by atoms with Crippen LogP contribution in [0.4, 0.5) is 20.2 Å². The quantitative estimate of drug-likeness (QED) is 0.183. The van der Waals surface area contributed by atoms with Crippen molar-refractivity contribution in [1.82, 2.24) is 24.5 Å². The van der Waals surface area contributed by atoms with Gasteiger partial charge in [-0.2, -0.15) is 0 Å². The van der Waals surface area contributed by atoms with Gasteiger partial charge in [-0.15, -0.1) is 0 Å². The van der Waals surface area contributed by atoms with E-state index in [2.05, 4.69) is 33.0 Å². The number of carbonyl (C=O) groups excluding carboxylic acids is 4. The van der Waals surface area contributed by atoms with Gasteiger partial charge in [0.2, 0.25) is 17.7 Å². The second-order valence-corrected chi connectivity index (χ2v) is 14.7. The van der Waals surface area contributed by atoms with E-state index in [0.29, 0.717) is 55.9 Å². The molecule has 4 aromatic rings. The van der Waals surface area contributed by atoms with Gasteiger partial charge in [0.05, 0.1) is 29.6 Å². The first-order valence-corrected chi connectivity index (χ1v) is 18.6. The number of imide groups is 1. The fourth-order valence-corrected chi connectivity index (χ4v) is 7.56. The van der Waals surface area contributed by atoms with Crippen molar-refractivity contribution in [2.45, 2.75) is 76.4 Å². The van der Waals surface area contributed by atoms with Crippen molar-refractivity contribution in [3.63, 3.8) is 0 Å². The lowest BCUT2D eigenvalue weighted by Gasteiger charge is -2.35. The van der Waals surface area contributed by atoms with Gasteiger partial charge >= 0.3 is 0 Å². The van der Waals surface area contributed by atoms with E-state index in [1.807, 2.05) is 37.1 Å². The fourth-order valence-electron chi connectivity index (χ4n) is 7.56. The minimum atomic E-state index is -0.874. The van der Waals surface area contributed by atoms with Gasteiger partial charge in [0.25, 0.3) is 5.91 Å². The number of likely N-dealkylation sites (tertiary alicyclic amines) is 2. The Labute approximate surface area is 312 Å². The minimum Gasteiger partial charge on any atom is -0.490 e. The van der Waals surface area contributed by atoms with Crippen molar-refractivity contribution in [3.8, 4) is 5.75 Å². The third kappa shape index (κ3) is 8.54. The highest BCUT2D eigenvalue weighted by molar-refractivity contribution is 6.06. The number of benzene rings is 2. The van der Waals surface area contributed by atoms with Crippen LogP contribution in [0, 0.1) is 11.6 Å². The maximum absolute atomic E-state index is 14.3. The number of piperidine rings is 3. The number of halogens is 2. The van der Waals surface area contributed by atoms with Gasteiger partial charge in [0, 0.05) is 55.6 Å². The Bertz CT molecular complexity index is 2040. The standard InChI is InChI=1S/C40H45F2N7O5/c1-24(2)54-35-20-36-44-34(22-49(36)21-30(35)39(52)45-32-8-5-28(41)19-31(32)42)27-11-15-47(16-12-27)23-38(51)48-17-13-26(14-18-48)25-3-6-29(7-4-25)43-33-9-10-37(50)46-40(33)53/h3-8,19-22,24,26-27,33,43H,9-18,23H2,1-2H3,(H,45,52)(H,46,50,53). The summed E-state index contributed by atoms with van der Waals surface area (Å²) in [5, 5.41) is 8.12. The normalized spacial score (nSPS) is 18.9. The number of amides is 4. The van der Waals surface area contributed by atoms with Crippen LogP contribution in [0.15, 0.2) is 60.9 Å². The highest BCUT2D eigenvalue weighted by Crippen LogP contribution is 2.32. The summed E-state index contributed by atoms with van der Waals surface area (Å²) in [5.74, 6) is -1.74. The van der Waals surface area contributed by atoms with Crippen LogP contribution in [-0.2, 0) is 14.4 Å². The van der Waals surface area contributed by atoms with E-state index in [1.54, 1.807) is 16.7 Å². The molecule has 3 saturated heterocycles. The topological polar surface area (TPSA) is 137 Å². The number of nitrogens with zero attached hydrogens (tertiary/aromatic N) is 4. The predicted molar refractivity (Wildman–Crippen MR) is 198 cm³/mol. The van der Waals surface area contributed by atoms with Crippen molar-refractivity contribution in [3.05, 3.63) is 89.4 Å². The number of imidazole rings is 1. The van der Waals surface area contributed by atoms with Crippen LogP contribution >= 0.6 is 0 Å². The summed E-state index contributed by atoms with van der Waals surface area (Å²) in [6.45, 7) is 7.01. The highest BCUT2D eigenvalue weighted by Gasteiger charge is 2.29. The molecule has 0 saturated carbocycles. The van der Waals surface area contributed by atoms with Crippen LogP contribution in [0.25, 0.3) is 5.65 Å². The van der Waals surface area contributed by atoms with Gasteiger partial charge in [-0.3, -0.25) is 29.4 Å². The molecule has 2 aromatic carbocycles. The number of hydrogen-bond acceptors (Lipinski definition) is 8. The summed E-state index contributed by atoms with van der Waals surface area (Å²) in [6.07, 6.45) is 7.54. The van der Waals surface area contributed by atoms with Gasteiger partial charge in [-0.05, 0) is 94.8 Å². The Morgan fingerprint density at radius 2 is 1.65 bits per heavy atom. The zero-order valence-corrected chi connectivity index (χ0v) is 30.4. The van der Waals surface area contributed by atoms with Gasteiger partial charge in [0.15, 0.2) is 0 Å². The van der Waals surface area contributed by atoms with Gasteiger partial charge < -0.3 is 24.7 Å². The second kappa shape index (κ2) is 15.9. The van der Waals surface area contributed by atoms with Crippen LogP contribution in [0.5, 0.6) is 5.75 Å². The van der Waals surface area contributed by atoms with Crippen LogP contribution in [0.2, 0.25) is 0 Å². The lowest BCUT2D eigenvalue weighted by atomic mass is 9.89. The molecule has 1 unspecified atom stereocenters. The van der Waals surface area contributed by atoms with E-state index in [-0.39, 0.29) is 41.0 Å². The third-order valence-electron chi connectivity index (χ3n) is 10.5. The van der Waals surface area contributed by atoms with Gasteiger partial charge in [-0.25, -0.2) is 13.8 Å². The first-order chi connectivity index (χ1) is 26.0. The molecule has 3 aliphatic heterocycles. The predicted octanol–water partition coefficient (Wildman–Crippen LogP) is 5.45. The van der Waals surface area contributed by atoms with Gasteiger partial charge in [0.1, 0.15) is 29.1 Å². The summed E-state index contributed by atoms with van der Waals surface area (Å²) in [5.41, 5.74) is 3.62. The number of pyridine rings is 1. The van der Waals surface area contributed by atoms with Crippen molar-refractivity contribution in [2.75, 3.05) is 43.4 Å². The molecule has 5 heterocycles. The Hall–Kier alpha value is -5.37. The third-order valence-corrected chi connectivity index (χ3v) is 10.5. The number of fused-ring (bicyclic) bond motifs is 1. The summed E-state index contributed by atoms with van der Waals surface area (Å²) in [7, 11) is 0. The fraction of sp³-hybridized carbons (Fsp3) is 0.425. The number of ether oxygens (including phenoxy) is 1. The summed E-state index contributed by atoms with van der Waals surface area (Å²) >= 11 is 0. The number of carbonyl (C=O) groups is 4. The Balaban J connectivity index is 0.903. The van der Waals surface area contributed by atoms with Crippen LogP contribution in [-0.4, -0.2) is 87.7 Å². The lowest BCUT2D eigenvalue weighted by molar-refractivity contribution is -0.134. The molecule has 3 fully saturated rings. The van der Waals surface area contributed by atoms with Crippen molar-refractivity contribution in [1.29, 1.82) is 0 Å². The van der Waals surface area contributed by atoms with Crippen molar-refractivity contribution < 1.29 is 32.7 Å². The highest BCUT2D eigenvalue weighted by atomic mass is 19.1. The molecule has 284 valence electrons. The Kier molecular flexibility index (Phi) is 10.9. The molecule has 0 spiro atoms. The van der Waals surface area contributed by atoms with Crippen molar-refractivity contribution >= 4 is 40.7 Å². The Morgan fingerprint density at radius 1 is 0.926 bits per heavy atom. The maximum atomic E-state index is 14.3. The molecule has 14 heteroatoms. The zero-order valence-electron chi connectivity index (χ0n) is 30.4. The van der Waals surface area contributed by atoms with Crippen molar-refractivity contribution in [2.24, 2.45) is 0 Å². The van der Waals surface area contributed by atoms with E-state index in [0.717, 1.165) is 56.2 Å². The average Bonchev–Trinajstić information content (AvgIpc) is 3.57. The molecule has 54 heavy (non-hydrogen) atoms. The second-order valence-electron chi connectivity index (χ2n) is 14.7. The van der Waals surface area contributed by atoms with Gasteiger partial charge in [-0.1, -0.05) is 12.1 Å². The molecule has 3 aliphatic rings. The van der Waals surface area contributed by atoms with E-state index in [1.165, 1.54) is 11.6 Å². The molecule has 2 aromatic heterocycles. The molecule has 3 N–H and O–H groups in total. The molecule has 0 bridgehead atoms. The molecule has 0 radical (unpaired) electrons. The molecular formula is C40H45F2N7O5. The Morgan fingerprint density at radius 3 is 2.33 bits per heavy atom. The molecule has 12 nitrogen and oxygen atoms in total. The molecular weight excluding hydrogens is 696 g/mol. The van der Waals surface area contributed by atoms with E-state index in [4.69, 9.17) is 9.72 Å². The number of nitrogens with one attached hydrogen (secondary N) is 3. The van der Waals surface area contributed by atoms with Crippen LogP contribution < -0.4 is 20.7 Å². The lowest BCUT2D eigenvalue weighted by Crippen LogP contribution is -2.47. The summed E-state index contributed by atoms with van der Waals surface area (Å²) in [4.78, 5) is 59.2. The number of rotatable bonds is 10. The van der Waals surface area contributed by atoms with E-state index < -0.39 is 23.6 Å². The van der Waals surface area contributed by atoms with Crippen LogP contribution in [0.1, 0.15) is 85.8 Å². The monoisotopic (exact) mass is 741 g/mol. The van der Waals surface area contributed by atoms with E-state index in [9.17, 15) is 28.0 Å². The zero-order chi connectivity index (χ0) is 37.9. The average molecular weight is 742 g/mol. The minimum absolute atomic E-state index is 0.136. The first-order valence-electron chi connectivity index (χ1n) is 18.6. The largest absolute Gasteiger partial charge is 0.490 e. The first kappa shape index (κ1) is 37.0. The molecule has 4 amide bonds. The summed E-state index contributed by atoms with van der Waals surface area (Å²) < 4.78 is 35.4. The molecule has 1 atom stereocenters.